The van der Waals surface area contributed by atoms with Gasteiger partial charge in [-0.15, -0.1) is 0 Å². The largest absolute Gasteiger partial charge is 0.484 e. The fraction of sp³-hybridized carbons (Fsp3) is 0.226. The van der Waals surface area contributed by atoms with Crippen molar-refractivity contribution >= 4 is 46.5 Å². The standard InChI is InChI=1S/C31H31ClN4O5/c1-3-40-30(38)19-36-21(2)26(25-11-7-8-12-28(25)36)18-33-35-31(39)27(17-22-9-5-4-6-10-22)34-29(37)20-41-24-15-13-23(32)14-16-24/h4-16,18,27H,3,17,19-20H2,1-2H3,(H,34,37)(H,35,39)/b33-18-/t27-/m0/s1. The number of nitrogens with one attached hydrogen (secondary N) is 2. The van der Waals surface area contributed by atoms with E-state index in [-0.39, 0.29) is 25.5 Å². The monoisotopic (exact) mass is 574 g/mol. The summed E-state index contributed by atoms with van der Waals surface area (Å²) in [6.07, 6.45) is 1.80. The number of hydrazone groups is 1. The maximum absolute atomic E-state index is 13.2. The first-order valence-electron chi connectivity index (χ1n) is 13.1. The lowest BCUT2D eigenvalue weighted by Crippen LogP contribution is -2.48. The molecule has 0 aliphatic rings. The van der Waals surface area contributed by atoms with Crippen LogP contribution in [-0.2, 0) is 32.1 Å². The molecule has 4 rings (SSSR count). The average Bonchev–Trinajstić information content (AvgIpc) is 3.23. The molecule has 0 unspecified atom stereocenters. The summed E-state index contributed by atoms with van der Waals surface area (Å²) in [5.74, 6) is -0.806. The molecular weight excluding hydrogens is 544 g/mol. The van der Waals surface area contributed by atoms with Gasteiger partial charge in [-0.25, -0.2) is 5.43 Å². The number of carbonyl (C=O) groups excluding carboxylic acids is 3. The molecule has 1 aromatic heterocycles. The fourth-order valence-electron chi connectivity index (χ4n) is 4.37. The highest BCUT2D eigenvalue weighted by Crippen LogP contribution is 2.24. The minimum absolute atomic E-state index is 0.0592. The molecule has 0 aliphatic heterocycles. The molecule has 212 valence electrons. The highest BCUT2D eigenvalue weighted by molar-refractivity contribution is 6.30. The topological polar surface area (TPSA) is 111 Å². The minimum Gasteiger partial charge on any atom is -0.484 e. The number of fused-ring (bicyclic) bond motifs is 1. The lowest BCUT2D eigenvalue weighted by atomic mass is 10.1. The van der Waals surface area contributed by atoms with E-state index < -0.39 is 17.9 Å². The molecule has 4 aromatic rings. The van der Waals surface area contributed by atoms with E-state index in [0.717, 1.165) is 27.7 Å². The first-order valence-corrected chi connectivity index (χ1v) is 13.5. The Morgan fingerprint density at radius 1 is 1.00 bits per heavy atom. The van der Waals surface area contributed by atoms with Crippen LogP contribution < -0.4 is 15.5 Å². The van der Waals surface area contributed by atoms with E-state index in [4.69, 9.17) is 21.1 Å². The Balaban J connectivity index is 1.47. The maximum atomic E-state index is 13.2. The number of benzene rings is 3. The summed E-state index contributed by atoms with van der Waals surface area (Å²) in [5, 5.41) is 8.38. The van der Waals surface area contributed by atoms with E-state index in [0.29, 0.717) is 17.4 Å². The van der Waals surface area contributed by atoms with Crippen molar-refractivity contribution in [1.29, 1.82) is 0 Å². The van der Waals surface area contributed by atoms with Crippen LogP contribution in [0.1, 0.15) is 23.7 Å². The Kier molecular flexibility index (Phi) is 10.1. The van der Waals surface area contributed by atoms with Gasteiger partial charge in [0, 0.05) is 33.6 Å². The van der Waals surface area contributed by atoms with Crippen LogP contribution in [-0.4, -0.2) is 47.8 Å². The molecule has 1 heterocycles. The number of amides is 2. The van der Waals surface area contributed by atoms with Gasteiger partial charge in [0.1, 0.15) is 18.3 Å². The van der Waals surface area contributed by atoms with Crippen molar-refractivity contribution in [1.82, 2.24) is 15.3 Å². The summed E-state index contributed by atoms with van der Waals surface area (Å²) in [4.78, 5) is 38.1. The van der Waals surface area contributed by atoms with E-state index in [1.807, 2.05) is 66.1 Å². The van der Waals surface area contributed by atoms with Crippen LogP contribution in [0.4, 0.5) is 0 Å². The molecule has 0 bridgehead atoms. The van der Waals surface area contributed by atoms with Crippen molar-refractivity contribution < 1.29 is 23.9 Å². The Labute approximate surface area is 243 Å². The molecule has 3 aromatic carbocycles. The Bertz CT molecular complexity index is 1530. The molecule has 9 nitrogen and oxygen atoms in total. The van der Waals surface area contributed by atoms with Crippen LogP contribution >= 0.6 is 11.6 Å². The summed E-state index contributed by atoms with van der Waals surface area (Å²) in [7, 11) is 0. The number of para-hydroxylation sites is 1. The zero-order valence-electron chi connectivity index (χ0n) is 22.8. The van der Waals surface area contributed by atoms with Crippen LogP contribution in [0.2, 0.25) is 5.02 Å². The third kappa shape index (κ3) is 7.95. The first-order chi connectivity index (χ1) is 19.9. The molecule has 2 amide bonds. The number of hydrogen-bond acceptors (Lipinski definition) is 6. The maximum Gasteiger partial charge on any atom is 0.325 e. The van der Waals surface area contributed by atoms with E-state index in [2.05, 4.69) is 15.8 Å². The predicted molar refractivity (Wildman–Crippen MR) is 158 cm³/mol. The molecule has 0 spiro atoms. The number of nitrogens with zero attached hydrogens (tertiary/aromatic N) is 2. The quantitative estimate of drug-likeness (QED) is 0.148. The average molecular weight is 575 g/mol. The van der Waals surface area contributed by atoms with Gasteiger partial charge in [-0.05, 0) is 49.7 Å². The van der Waals surface area contributed by atoms with Crippen molar-refractivity contribution in [3.05, 3.63) is 101 Å². The van der Waals surface area contributed by atoms with Gasteiger partial charge < -0.3 is 19.4 Å². The Morgan fingerprint density at radius 2 is 1.71 bits per heavy atom. The number of hydrogen-bond donors (Lipinski definition) is 2. The third-order valence-corrected chi connectivity index (χ3v) is 6.61. The summed E-state index contributed by atoms with van der Waals surface area (Å²) >= 11 is 5.90. The number of esters is 1. The van der Waals surface area contributed by atoms with Crippen molar-refractivity contribution in [3.8, 4) is 5.75 Å². The number of rotatable bonds is 12. The molecular formula is C31H31ClN4O5. The van der Waals surface area contributed by atoms with Gasteiger partial charge in [0.2, 0.25) is 0 Å². The van der Waals surface area contributed by atoms with Crippen LogP contribution in [0.25, 0.3) is 10.9 Å². The number of ether oxygens (including phenoxy) is 2. The lowest BCUT2D eigenvalue weighted by molar-refractivity contribution is -0.143. The number of carbonyl (C=O) groups is 3. The van der Waals surface area contributed by atoms with Crippen LogP contribution in [0.15, 0.2) is 84.0 Å². The zero-order valence-corrected chi connectivity index (χ0v) is 23.6. The van der Waals surface area contributed by atoms with Crippen LogP contribution in [0, 0.1) is 6.92 Å². The molecule has 0 aliphatic carbocycles. The van der Waals surface area contributed by atoms with E-state index in [9.17, 15) is 14.4 Å². The van der Waals surface area contributed by atoms with Gasteiger partial charge in [0.05, 0.1) is 12.8 Å². The molecule has 1 atom stereocenters. The molecule has 41 heavy (non-hydrogen) atoms. The van der Waals surface area contributed by atoms with Crippen LogP contribution in [0.3, 0.4) is 0 Å². The zero-order chi connectivity index (χ0) is 29.2. The predicted octanol–water partition coefficient (Wildman–Crippen LogP) is 4.42. The summed E-state index contributed by atoms with van der Waals surface area (Å²) in [6.45, 7) is 3.72. The third-order valence-electron chi connectivity index (χ3n) is 6.36. The highest BCUT2D eigenvalue weighted by Gasteiger charge is 2.22. The van der Waals surface area contributed by atoms with Gasteiger partial charge in [0.25, 0.3) is 11.8 Å². The first kappa shape index (κ1) is 29.4. The van der Waals surface area contributed by atoms with Gasteiger partial charge >= 0.3 is 5.97 Å². The Morgan fingerprint density at radius 3 is 2.44 bits per heavy atom. The highest BCUT2D eigenvalue weighted by atomic mass is 35.5. The van der Waals surface area contributed by atoms with E-state index in [1.165, 1.54) is 0 Å². The van der Waals surface area contributed by atoms with Crippen molar-refractivity contribution in [2.24, 2.45) is 5.10 Å². The van der Waals surface area contributed by atoms with Crippen molar-refractivity contribution in [3.63, 3.8) is 0 Å². The van der Waals surface area contributed by atoms with E-state index >= 15 is 0 Å². The molecule has 0 saturated carbocycles. The van der Waals surface area contributed by atoms with Gasteiger partial charge in [-0.1, -0.05) is 60.1 Å². The van der Waals surface area contributed by atoms with Gasteiger partial charge in [0.15, 0.2) is 6.61 Å². The van der Waals surface area contributed by atoms with Gasteiger partial charge in [-0.3, -0.25) is 14.4 Å². The normalized spacial score (nSPS) is 11.8. The summed E-state index contributed by atoms with van der Waals surface area (Å²) in [6, 6.07) is 22.7. The molecule has 2 N–H and O–H groups in total. The molecule has 0 radical (unpaired) electrons. The molecule has 0 saturated heterocycles. The lowest BCUT2D eigenvalue weighted by Gasteiger charge is -2.17. The van der Waals surface area contributed by atoms with Crippen molar-refractivity contribution in [2.45, 2.75) is 32.9 Å². The molecule has 0 fully saturated rings. The second-order valence-electron chi connectivity index (χ2n) is 9.19. The number of aromatic nitrogens is 1. The fourth-order valence-corrected chi connectivity index (χ4v) is 4.50. The smallest absolute Gasteiger partial charge is 0.325 e. The second-order valence-corrected chi connectivity index (χ2v) is 9.63. The summed E-state index contributed by atoms with van der Waals surface area (Å²) < 4.78 is 12.5. The van der Waals surface area contributed by atoms with Gasteiger partial charge in [-0.2, -0.15) is 5.10 Å². The van der Waals surface area contributed by atoms with E-state index in [1.54, 1.807) is 37.4 Å². The van der Waals surface area contributed by atoms with Crippen LogP contribution in [0.5, 0.6) is 5.75 Å². The Hall–Kier alpha value is -4.63. The minimum atomic E-state index is -0.901. The molecule has 10 heteroatoms. The summed E-state index contributed by atoms with van der Waals surface area (Å²) in [5.41, 5.74) is 5.83. The second kappa shape index (κ2) is 14.1. The number of halogens is 1. The SMILES string of the molecule is CCOC(=O)Cn1c(C)c(/C=N\NC(=O)[C@H](Cc2ccccc2)NC(=O)COc2ccc(Cl)cc2)c2ccccc21. The van der Waals surface area contributed by atoms with Crippen molar-refractivity contribution in [2.75, 3.05) is 13.2 Å².